The monoisotopic (exact) mass is 318 g/mol. The second kappa shape index (κ2) is 9.27. The zero-order valence-corrected chi connectivity index (χ0v) is 13.4. The molecule has 0 saturated carbocycles. The van der Waals surface area contributed by atoms with E-state index in [9.17, 15) is 0 Å². The van der Waals surface area contributed by atoms with Gasteiger partial charge >= 0.3 is 10.4 Å². The van der Waals surface area contributed by atoms with Gasteiger partial charge < -0.3 is 9.13 Å². The first-order valence-corrected chi connectivity index (χ1v) is 7.71. The van der Waals surface area contributed by atoms with Crippen molar-refractivity contribution in [1.82, 2.24) is 19.1 Å². The lowest BCUT2D eigenvalue weighted by atomic mass is 10.5. The van der Waals surface area contributed by atoms with E-state index in [1.807, 2.05) is 48.0 Å². The highest BCUT2D eigenvalue weighted by Gasteiger charge is 1.91. The van der Waals surface area contributed by atoms with Gasteiger partial charge in [-0.3, -0.25) is 9.11 Å². The molecule has 0 radical (unpaired) electrons. The number of nitrogens with zero attached hydrogens (tertiary/aromatic N) is 4. The summed E-state index contributed by atoms with van der Waals surface area (Å²) in [7, 11) is -0.655. The van der Waals surface area contributed by atoms with Crippen LogP contribution in [0, 0.1) is 0 Å². The van der Waals surface area contributed by atoms with Crippen LogP contribution in [0.25, 0.3) is 0 Å². The summed E-state index contributed by atoms with van der Waals surface area (Å²) in [5.74, 6) is 2.29. The molecule has 8 nitrogen and oxygen atoms in total. The zero-order valence-electron chi connectivity index (χ0n) is 12.6. The van der Waals surface area contributed by atoms with Crippen LogP contribution in [0.15, 0.2) is 24.8 Å². The molecule has 0 saturated heterocycles. The second-order valence-electron chi connectivity index (χ2n) is 4.06. The van der Waals surface area contributed by atoms with Gasteiger partial charge in [-0.1, -0.05) is 13.8 Å². The van der Waals surface area contributed by atoms with E-state index in [2.05, 4.69) is 23.8 Å². The van der Waals surface area contributed by atoms with Crippen LogP contribution < -0.4 is 0 Å². The van der Waals surface area contributed by atoms with Crippen molar-refractivity contribution in [2.24, 2.45) is 14.1 Å². The minimum Gasteiger partial charge on any atom is -0.338 e. The summed E-state index contributed by atoms with van der Waals surface area (Å²) >= 11 is 0. The van der Waals surface area contributed by atoms with E-state index in [1.54, 1.807) is 0 Å². The first-order chi connectivity index (χ1) is 9.69. The summed E-state index contributed by atoms with van der Waals surface area (Å²) in [5, 5.41) is 0. The van der Waals surface area contributed by atoms with E-state index in [1.165, 1.54) is 0 Å². The Bertz CT molecular complexity index is 570. The second-order valence-corrected chi connectivity index (χ2v) is 4.96. The molecule has 0 bridgehead atoms. The van der Waals surface area contributed by atoms with Crippen LogP contribution in [0.4, 0.5) is 0 Å². The first-order valence-electron chi connectivity index (χ1n) is 6.31. The smallest absolute Gasteiger partial charge is 0.338 e. The van der Waals surface area contributed by atoms with Gasteiger partial charge in [0, 0.05) is 51.7 Å². The molecule has 9 heteroatoms. The molecule has 2 heterocycles. The van der Waals surface area contributed by atoms with Gasteiger partial charge in [0.2, 0.25) is 0 Å². The third-order valence-electron chi connectivity index (χ3n) is 2.47. The number of aromatic nitrogens is 4. The fourth-order valence-corrected chi connectivity index (χ4v) is 1.47. The molecule has 2 rings (SSSR count). The Balaban J connectivity index is 0.000000296. The van der Waals surface area contributed by atoms with Gasteiger partial charge in [-0.25, -0.2) is 9.97 Å². The maximum Gasteiger partial charge on any atom is 0.394 e. The quantitative estimate of drug-likeness (QED) is 0.808. The molecule has 0 aliphatic rings. The van der Waals surface area contributed by atoms with Crippen LogP contribution in [0.3, 0.4) is 0 Å². The molecular formula is C12H22N4O4S. The minimum atomic E-state index is -4.67. The highest BCUT2D eigenvalue weighted by molar-refractivity contribution is 7.79. The molecule has 21 heavy (non-hydrogen) atoms. The predicted octanol–water partition coefficient (Wildman–Crippen LogP) is 1.31. The Morgan fingerprint density at radius 1 is 0.952 bits per heavy atom. The molecule has 120 valence electrons. The van der Waals surface area contributed by atoms with Crippen LogP contribution >= 0.6 is 0 Å². The maximum absolute atomic E-state index is 8.74. The van der Waals surface area contributed by atoms with Crippen molar-refractivity contribution >= 4 is 10.4 Å². The molecule has 0 atom stereocenters. The van der Waals surface area contributed by atoms with Crippen molar-refractivity contribution in [3.05, 3.63) is 36.4 Å². The summed E-state index contributed by atoms with van der Waals surface area (Å²) in [5.41, 5.74) is 0. The minimum absolute atomic E-state index is 1.02. The molecule has 0 fully saturated rings. The van der Waals surface area contributed by atoms with Gasteiger partial charge in [0.1, 0.15) is 11.6 Å². The van der Waals surface area contributed by atoms with Crippen molar-refractivity contribution in [3.8, 4) is 0 Å². The van der Waals surface area contributed by atoms with Gasteiger partial charge in [-0.05, 0) is 0 Å². The van der Waals surface area contributed by atoms with E-state index in [0.29, 0.717) is 0 Å². The fourth-order valence-electron chi connectivity index (χ4n) is 1.47. The lowest BCUT2D eigenvalue weighted by molar-refractivity contribution is 0.381. The summed E-state index contributed by atoms with van der Waals surface area (Å²) in [6, 6.07) is 0. The predicted molar refractivity (Wildman–Crippen MR) is 79.3 cm³/mol. The van der Waals surface area contributed by atoms with Crippen molar-refractivity contribution in [2.75, 3.05) is 0 Å². The normalized spacial score (nSPS) is 10.2. The summed E-state index contributed by atoms with van der Waals surface area (Å²) in [6.07, 6.45) is 9.59. The molecule has 0 aromatic carbocycles. The van der Waals surface area contributed by atoms with E-state index in [0.717, 1.165) is 24.5 Å². The molecule has 0 spiro atoms. The van der Waals surface area contributed by atoms with Crippen molar-refractivity contribution in [1.29, 1.82) is 0 Å². The topological polar surface area (TPSA) is 110 Å². The Hall–Kier alpha value is -1.71. The summed E-state index contributed by atoms with van der Waals surface area (Å²) in [4.78, 5) is 8.19. The van der Waals surface area contributed by atoms with Gasteiger partial charge in [0.05, 0.1) is 0 Å². The number of rotatable bonds is 2. The fraction of sp³-hybridized carbons (Fsp3) is 0.500. The van der Waals surface area contributed by atoms with Gasteiger partial charge in [-0.2, -0.15) is 8.42 Å². The van der Waals surface area contributed by atoms with E-state index in [-0.39, 0.29) is 0 Å². The Morgan fingerprint density at radius 2 is 1.24 bits per heavy atom. The summed E-state index contributed by atoms with van der Waals surface area (Å²) < 4.78 is 35.6. The van der Waals surface area contributed by atoms with Gasteiger partial charge in [0.25, 0.3) is 0 Å². The van der Waals surface area contributed by atoms with E-state index >= 15 is 0 Å². The SMILES string of the molecule is CCc1nccn1C.CCc1nccn1C.O=S(=O)(O)O. The molecule has 0 aliphatic carbocycles. The van der Waals surface area contributed by atoms with Crippen LogP contribution in [0.2, 0.25) is 0 Å². The molecule has 2 N–H and O–H groups in total. The van der Waals surface area contributed by atoms with Crippen molar-refractivity contribution in [3.63, 3.8) is 0 Å². The molecule has 0 amide bonds. The highest BCUT2D eigenvalue weighted by atomic mass is 32.3. The number of hydrogen-bond donors (Lipinski definition) is 2. The Kier molecular flexibility index (Phi) is 8.51. The van der Waals surface area contributed by atoms with Crippen LogP contribution in [-0.2, 0) is 37.3 Å². The Labute approximate surface area is 125 Å². The lowest BCUT2D eigenvalue weighted by Crippen LogP contribution is -1.92. The van der Waals surface area contributed by atoms with E-state index < -0.39 is 10.4 Å². The average Bonchev–Trinajstić information content (AvgIpc) is 2.96. The number of aryl methyl sites for hydroxylation is 4. The van der Waals surface area contributed by atoms with Crippen LogP contribution in [0.1, 0.15) is 25.5 Å². The largest absolute Gasteiger partial charge is 0.394 e. The van der Waals surface area contributed by atoms with Crippen LogP contribution in [-0.4, -0.2) is 36.6 Å². The molecule has 2 aromatic heterocycles. The first kappa shape index (κ1) is 19.3. The Morgan fingerprint density at radius 3 is 1.33 bits per heavy atom. The lowest BCUT2D eigenvalue weighted by Gasteiger charge is -1.92. The summed E-state index contributed by atoms with van der Waals surface area (Å²) in [6.45, 7) is 4.20. The third-order valence-corrected chi connectivity index (χ3v) is 2.47. The zero-order chi connectivity index (χ0) is 16.5. The molecule has 0 unspecified atom stereocenters. The van der Waals surface area contributed by atoms with Crippen LogP contribution in [0.5, 0.6) is 0 Å². The molecule has 2 aromatic rings. The maximum atomic E-state index is 8.74. The average molecular weight is 318 g/mol. The molecular weight excluding hydrogens is 296 g/mol. The molecule has 0 aliphatic heterocycles. The van der Waals surface area contributed by atoms with Crippen molar-refractivity contribution < 1.29 is 17.5 Å². The number of hydrogen-bond acceptors (Lipinski definition) is 4. The number of imidazole rings is 2. The van der Waals surface area contributed by atoms with Gasteiger partial charge in [0.15, 0.2) is 0 Å². The van der Waals surface area contributed by atoms with Crippen molar-refractivity contribution in [2.45, 2.75) is 26.7 Å². The third kappa shape index (κ3) is 9.77. The van der Waals surface area contributed by atoms with Gasteiger partial charge in [-0.15, -0.1) is 0 Å². The van der Waals surface area contributed by atoms with E-state index in [4.69, 9.17) is 17.5 Å². The standard InChI is InChI=1S/2C6H10N2.H2O4S/c2*1-3-6-7-4-5-8(6)2;1-5(2,3)4/h2*4-5H,3H2,1-2H3;(H2,1,2,3,4). The highest BCUT2D eigenvalue weighted by Crippen LogP contribution is 1.93.